The predicted molar refractivity (Wildman–Crippen MR) is 88.4 cm³/mol. The minimum absolute atomic E-state index is 0.0106. The molecule has 0 spiro atoms. The van der Waals surface area contributed by atoms with Crippen molar-refractivity contribution in [2.75, 3.05) is 26.3 Å². The van der Waals surface area contributed by atoms with Gasteiger partial charge in [0.2, 0.25) is 5.91 Å². The van der Waals surface area contributed by atoms with Crippen LogP contribution in [-0.4, -0.2) is 47.4 Å². The van der Waals surface area contributed by atoms with E-state index in [1.807, 2.05) is 24.3 Å². The number of nitrogens with zero attached hydrogens (tertiary/aromatic N) is 1. The van der Waals surface area contributed by atoms with Crippen molar-refractivity contribution in [3.63, 3.8) is 0 Å². The number of aromatic amines is 1. The topological polar surface area (TPSA) is 95.8 Å². The molecular weight excluding hydrogens is 324 g/mol. The van der Waals surface area contributed by atoms with Gasteiger partial charge < -0.3 is 19.3 Å². The van der Waals surface area contributed by atoms with Gasteiger partial charge in [0.1, 0.15) is 11.5 Å². The first-order valence-electron chi connectivity index (χ1n) is 8.39. The molecule has 25 heavy (non-hydrogen) atoms. The molecule has 1 saturated heterocycles. The summed E-state index contributed by atoms with van der Waals surface area (Å²) in [4.78, 5) is 25.5. The van der Waals surface area contributed by atoms with Crippen molar-refractivity contribution in [1.82, 2.24) is 10.1 Å². The quantitative estimate of drug-likeness (QED) is 0.859. The SMILES string of the molecule is O=C(CCc1cc(=O)[nH]o1)N1C[C@@H]2c3ccccc3OC[C@]2(CO)C1. The molecule has 1 fully saturated rings. The molecule has 2 aliphatic heterocycles. The van der Waals surface area contributed by atoms with Crippen LogP contribution in [0, 0.1) is 5.41 Å². The molecule has 7 nitrogen and oxygen atoms in total. The highest BCUT2D eigenvalue weighted by Crippen LogP contribution is 2.49. The van der Waals surface area contributed by atoms with E-state index in [2.05, 4.69) is 5.16 Å². The Morgan fingerprint density at radius 2 is 2.24 bits per heavy atom. The van der Waals surface area contributed by atoms with Crippen LogP contribution in [0.25, 0.3) is 0 Å². The lowest BCUT2D eigenvalue weighted by Crippen LogP contribution is -2.42. The zero-order valence-corrected chi connectivity index (χ0v) is 13.7. The Balaban J connectivity index is 1.50. The van der Waals surface area contributed by atoms with Gasteiger partial charge in [0.05, 0.1) is 18.6 Å². The van der Waals surface area contributed by atoms with Crippen LogP contribution in [0.15, 0.2) is 39.6 Å². The summed E-state index contributed by atoms with van der Waals surface area (Å²) >= 11 is 0. The summed E-state index contributed by atoms with van der Waals surface area (Å²) in [5, 5.41) is 12.2. The summed E-state index contributed by atoms with van der Waals surface area (Å²) < 4.78 is 10.8. The second kappa shape index (κ2) is 6.07. The number of nitrogens with one attached hydrogen (secondary N) is 1. The normalized spacial score (nSPS) is 24.5. The van der Waals surface area contributed by atoms with E-state index < -0.39 is 5.41 Å². The molecule has 2 aliphatic rings. The molecule has 1 aromatic carbocycles. The van der Waals surface area contributed by atoms with Crippen LogP contribution in [0.3, 0.4) is 0 Å². The van der Waals surface area contributed by atoms with E-state index in [1.54, 1.807) is 4.90 Å². The number of fused-ring (bicyclic) bond motifs is 3. The Bertz CT molecular complexity index is 842. The van der Waals surface area contributed by atoms with Gasteiger partial charge >= 0.3 is 0 Å². The number of H-pyrrole nitrogens is 1. The third-order valence-corrected chi connectivity index (χ3v) is 5.29. The van der Waals surface area contributed by atoms with Crippen molar-refractivity contribution in [3.8, 4) is 5.75 Å². The number of carbonyl (C=O) groups is 1. The Kier molecular flexibility index (Phi) is 3.88. The number of ether oxygens (including phenoxy) is 1. The summed E-state index contributed by atoms with van der Waals surface area (Å²) in [5.74, 6) is 1.36. The van der Waals surface area contributed by atoms with Crippen molar-refractivity contribution in [1.29, 1.82) is 0 Å². The van der Waals surface area contributed by atoms with Gasteiger partial charge in [-0.15, -0.1) is 0 Å². The van der Waals surface area contributed by atoms with Crippen LogP contribution in [0.5, 0.6) is 5.75 Å². The standard InChI is InChI=1S/C18H20N2O5/c21-10-18-9-20(17(23)6-5-12-7-16(22)19-25-12)8-14(18)13-3-1-2-4-15(13)24-11-18/h1-4,7,14,21H,5-6,8-11H2,(H,19,22)/t14-,18-/m1/s1. The number of para-hydroxylation sites is 1. The second-order valence-electron chi connectivity index (χ2n) is 6.85. The number of aliphatic hydroxyl groups excluding tert-OH is 1. The highest BCUT2D eigenvalue weighted by molar-refractivity contribution is 5.77. The van der Waals surface area contributed by atoms with Gasteiger partial charge in [-0.3, -0.25) is 9.59 Å². The minimum atomic E-state index is -0.454. The minimum Gasteiger partial charge on any atom is -0.493 e. The Labute approximate surface area is 144 Å². The number of rotatable bonds is 4. The van der Waals surface area contributed by atoms with Gasteiger partial charge in [0, 0.05) is 37.9 Å². The van der Waals surface area contributed by atoms with Crippen molar-refractivity contribution in [2.45, 2.75) is 18.8 Å². The molecule has 1 amide bonds. The Hall–Kier alpha value is -2.54. The zero-order valence-electron chi connectivity index (χ0n) is 13.7. The molecule has 2 atom stereocenters. The van der Waals surface area contributed by atoms with E-state index in [-0.39, 0.29) is 30.4 Å². The zero-order chi connectivity index (χ0) is 17.4. The van der Waals surface area contributed by atoms with Gasteiger partial charge in [-0.25, -0.2) is 0 Å². The van der Waals surface area contributed by atoms with Crippen LogP contribution in [-0.2, 0) is 11.2 Å². The molecule has 132 valence electrons. The summed E-state index contributed by atoms with van der Waals surface area (Å²) in [5.41, 5.74) is 0.294. The predicted octanol–water partition coefficient (Wildman–Crippen LogP) is 0.898. The maximum absolute atomic E-state index is 12.6. The van der Waals surface area contributed by atoms with Crippen LogP contribution in [0.4, 0.5) is 0 Å². The van der Waals surface area contributed by atoms with Crippen molar-refractivity contribution in [3.05, 3.63) is 52.0 Å². The molecule has 0 aliphatic carbocycles. The van der Waals surface area contributed by atoms with Crippen molar-refractivity contribution >= 4 is 5.91 Å². The van der Waals surface area contributed by atoms with E-state index in [0.717, 1.165) is 11.3 Å². The van der Waals surface area contributed by atoms with Gasteiger partial charge in [-0.2, -0.15) is 5.16 Å². The number of aryl methyl sites for hydroxylation is 1. The Morgan fingerprint density at radius 1 is 1.40 bits per heavy atom. The van der Waals surface area contributed by atoms with Crippen LogP contribution in [0.2, 0.25) is 0 Å². The number of hydrogen-bond acceptors (Lipinski definition) is 5. The highest BCUT2D eigenvalue weighted by atomic mass is 16.5. The average molecular weight is 344 g/mol. The van der Waals surface area contributed by atoms with E-state index >= 15 is 0 Å². The number of benzene rings is 1. The number of carbonyl (C=O) groups excluding carboxylic acids is 1. The fourth-order valence-corrected chi connectivity index (χ4v) is 3.89. The van der Waals surface area contributed by atoms with Crippen LogP contribution < -0.4 is 10.3 Å². The van der Waals surface area contributed by atoms with E-state index in [4.69, 9.17) is 9.26 Å². The lowest BCUT2D eigenvalue weighted by Gasteiger charge is -2.37. The third kappa shape index (κ3) is 2.74. The number of aliphatic hydroxyl groups is 1. The van der Waals surface area contributed by atoms with E-state index in [9.17, 15) is 14.7 Å². The fourth-order valence-electron chi connectivity index (χ4n) is 3.89. The van der Waals surface area contributed by atoms with Gasteiger partial charge in [0.25, 0.3) is 5.56 Å². The summed E-state index contributed by atoms with van der Waals surface area (Å²) in [6.07, 6.45) is 0.634. The monoisotopic (exact) mass is 344 g/mol. The smallest absolute Gasteiger partial charge is 0.280 e. The molecule has 0 radical (unpaired) electrons. The van der Waals surface area contributed by atoms with Crippen LogP contribution in [0.1, 0.15) is 23.7 Å². The largest absolute Gasteiger partial charge is 0.493 e. The molecular formula is C18H20N2O5. The lowest BCUT2D eigenvalue weighted by atomic mass is 9.74. The van der Waals surface area contributed by atoms with E-state index in [0.29, 0.717) is 31.9 Å². The number of aromatic nitrogens is 1. The molecule has 4 rings (SSSR count). The fraction of sp³-hybridized carbons (Fsp3) is 0.444. The maximum atomic E-state index is 12.6. The number of hydrogen-bond donors (Lipinski definition) is 2. The molecule has 2 N–H and O–H groups in total. The molecule has 0 unspecified atom stereocenters. The second-order valence-corrected chi connectivity index (χ2v) is 6.85. The third-order valence-electron chi connectivity index (χ3n) is 5.29. The number of likely N-dealkylation sites (tertiary alicyclic amines) is 1. The molecule has 0 saturated carbocycles. The molecule has 3 heterocycles. The molecule has 7 heteroatoms. The maximum Gasteiger partial charge on any atom is 0.280 e. The van der Waals surface area contributed by atoms with Gasteiger partial charge in [-0.05, 0) is 11.6 Å². The van der Waals surface area contributed by atoms with E-state index in [1.165, 1.54) is 6.07 Å². The van der Waals surface area contributed by atoms with Crippen molar-refractivity contribution in [2.24, 2.45) is 5.41 Å². The molecule has 1 aromatic heterocycles. The number of amides is 1. The van der Waals surface area contributed by atoms with Gasteiger partial charge in [0.15, 0.2) is 0 Å². The summed E-state index contributed by atoms with van der Waals surface area (Å²) in [7, 11) is 0. The lowest BCUT2D eigenvalue weighted by molar-refractivity contribution is -0.130. The molecule has 2 aromatic rings. The summed E-state index contributed by atoms with van der Waals surface area (Å²) in [6, 6.07) is 9.17. The van der Waals surface area contributed by atoms with Crippen LogP contribution >= 0.6 is 0 Å². The molecule has 0 bridgehead atoms. The first-order chi connectivity index (χ1) is 12.1. The Morgan fingerprint density at radius 3 is 3.00 bits per heavy atom. The van der Waals surface area contributed by atoms with Gasteiger partial charge in [-0.1, -0.05) is 18.2 Å². The summed E-state index contributed by atoms with van der Waals surface area (Å²) in [6.45, 7) is 1.42. The highest BCUT2D eigenvalue weighted by Gasteiger charge is 2.51. The average Bonchev–Trinajstić information content (AvgIpc) is 3.23. The first kappa shape index (κ1) is 16.0. The first-order valence-corrected chi connectivity index (χ1v) is 8.39. The van der Waals surface area contributed by atoms with Crippen molar-refractivity contribution < 1.29 is 19.2 Å².